The summed E-state index contributed by atoms with van der Waals surface area (Å²) in [4.78, 5) is 63.6. The zero-order valence-electron chi connectivity index (χ0n) is 59.6. The van der Waals surface area contributed by atoms with Crippen LogP contribution in [0.2, 0.25) is 0 Å². The van der Waals surface area contributed by atoms with Crippen LogP contribution < -0.4 is 22.2 Å². The zero-order chi connectivity index (χ0) is 68.2. The topological polar surface area (TPSA) is 233 Å². The number of Topliss-reactive ketones (excluding diaryl/α,β-unsaturated/α-hetero) is 1. The number of morpholine rings is 1. The number of nitrogens with one attached hydrogen (secondary N) is 1. The second kappa shape index (κ2) is 26.2. The number of hydrogen-bond donors (Lipinski definition) is 5. The number of hydrogen-bond acceptors (Lipinski definition) is 14. The maximum atomic E-state index is 13.2. The molecule has 16 rings (SSSR count). The van der Waals surface area contributed by atoms with Crippen molar-refractivity contribution < 1.29 is 48.0 Å². The average molecular weight is 1330 g/mol. The Morgan fingerprint density at radius 3 is 1.28 bits per heavy atom. The molecule has 96 heavy (non-hydrogen) atoms. The van der Waals surface area contributed by atoms with Gasteiger partial charge in [0.1, 0.15) is 5.78 Å². The molecule has 16 heteroatoms. The van der Waals surface area contributed by atoms with Gasteiger partial charge in [-0.25, -0.2) is 19.2 Å². The highest BCUT2D eigenvalue weighted by molar-refractivity contribution is 5.79. The standard InChI is InChI=1S/C30H44N2O5.C25H37NO3.C24H32O4.CH4O/c1-28-11-8-22(31(3)27(34)32-14-16-36-17-15-32)18-21(28)5-6-25-24(28)9-12-29(2)23(10-13-30(25,29)35)20-4-7-26(33)37-19-20;1-23-11-8-18(26-3)14-17(23)5-6-21-20(23)9-12-24(2)19(10-13-25(21,24)28)16-4-7-22(27)29-15-16;1-22-10-7-17(25)13-16(22)4-5-20-19(22)8-11-23(2)18(9-12-24(20,23)27)15-3-6-21(26)28-14-15;1-2/h4,7,19,21-25,35H,5-6,8-18H2,1-3H3;4,7,15,17-21,26,28H,5-6,8-14H2,1-3H3;3,6,14,16,18-20,27H,4-5,7-13H2,1-2H3;2H,1H3/t21-,22?,23-,24+,25-,28+,29-,30+;17-,18?,19-,20+,21-,23+,24-,25+;16-,18-,19+,20-,22+,23-,24+;/m111./s1. The second-order valence-electron chi connectivity index (χ2n) is 35.0. The Labute approximate surface area is 570 Å². The molecule has 2 amide bonds. The molecule has 2 unspecified atom stereocenters. The molecule has 1 aliphatic heterocycles. The van der Waals surface area contributed by atoms with Crippen LogP contribution in [0.15, 0.2) is 82.8 Å². The van der Waals surface area contributed by atoms with Crippen LogP contribution in [0.4, 0.5) is 4.79 Å². The molecular formula is C80H117N3O13. The number of aliphatic hydroxyl groups is 4. The van der Waals surface area contributed by atoms with E-state index in [2.05, 4.69) is 53.9 Å². The summed E-state index contributed by atoms with van der Waals surface area (Å²) in [6.45, 7) is 17.0. The second-order valence-corrected chi connectivity index (χ2v) is 35.0. The predicted molar refractivity (Wildman–Crippen MR) is 368 cm³/mol. The maximum absolute atomic E-state index is 13.2. The van der Waals surface area contributed by atoms with E-state index >= 15 is 0 Å². The number of nitrogens with zero attached hydrogens (tertiary/aromatic N) is 2. The van der Waals surface area contributed by atoms with Gasteiger partial charge in [-0.3, -0.25) is 4.79 Å². The number of ketones is 1. The summed E-state index contributed by atoms with van der Waals surface area (Å²) in [5, 5.41) is 47.4. The third-order valence-corrected chi connectivity index (χ3v) is 32.3. The van der Waals surface area contributed by atoms with Gasteiger partial charge < -0.3 is 53.5 Å². The lowest BCUT2D eigenvalue weighted by Crippen LogP contribution is -2.62. The maximum Gasteiger partial charge on any atom is 0.335 e. The molecule has 13 fully saturated rings. The SMILES string of the molecule is CN(C(=O)N1CCOCC1)C1CC[C@@]2(C)[C@H](CC[C@@H]3[C@@H]2CC[C@]2(C)[C@@H](c4ccc(=O)oc4)CC[C@]32O)C1.CNC1CC[C@@]2(C)[C@H](CC[C@@H]3[C@@H]2CC[C@]2(C)[C@@H](c4ccc(=O)oc4)CC[C@]32O)C1.CO.C[C@]12CCC(=O)C[C@H]1CC[C@@H]1[C@@H]2CC[C@]2(C)[C@@H](c3ccc(=O)oc3)CC[C@]12O. The highest BCUT2D eigenvalue weighted by Gasteiger charge is 2.71. The number of carbonyl (C=O) groups excluding carboxylic acids is 2. The van der Waals surface area contributed by atoms with Crippen LogP contribution in [0.3, 0.4) is 0 Å². The van der Waals surface area contributed by atoms with Gasteiger partial charge >= 0.3 is 22.9 Å². The van der Waals surface area contributed by atoms with E-state index < -0.39 is 16.8 Å². The fourth-order valence-electron chi connectivity index (χ4n) is 26.5. The summed E-state index contributed by atoms with van der Waals surface area (Å²) in [7, 11) is 5.11. The smallest absolute Gasteiger partial charge is 0.335 e. The minimum atomic E-state index is -0.676. The molecule has 4 heterocycles. The number of amides is 2. The van der Waals surface area contributed by atoms with Crippen molar-refractivity contribution in [3.63, 3.8) is 0 Å². The van der Waals surface area contributed by atoms with Gasteiger partial charge in [-0.1, -0.05) is 41.5 Å². The lowest BCUT2D eigenvalue weighted by atomic mass is 9.43. The lowest BCUT2D eigenvalue weighted by molar-refractivity contribution is -0.203. The Morgan fingerprint density at radius 2 is 0.875 bits per heavy atom. The molecule has 0 bridgehead atoms. The molecule has 3 aromatic rings. The summed E-state index contributed by atoms with van der Waals surface area (Å²) in [5.41, 5.74) is 0.656. The molecule has 12 aliphatic carbocycles. The van der Waals surface area contributed by atoms with Crippen molar-refractivity contribution in [2.75, 3.05) is 47.5 Å². The Hall–Kier alpha value is -4.45. The first-order valence-electron chi connectivity index (χ1n) is 37.9. The van der Waals surface area contributed by atoms with Crippen LogP contribution in [0.1, 0.15) is 249 Å². The Balaban J connectivity index is 0.000000130. The molecule has 1 saturated heterocycles. The number of aliphatic hydroxyl groups excluding tert-OH is 1. The minimum Gasteiger partial charge on any atom is -0.431 e. The third kappa shape index (κ3) is 11.1. The molecule has 0 radical (unpaired) electrons. The third-order valence-electron chi connectivity index (χ3n) is 32.3. The first kappa shape index (κ1) is 70.0. The first-order chi connectivity index (χ1) is 45.8. The van der Waals surface area contributed by atoms with Gasteiger partial charge in [-0.15, -0.1) is 0 Å². The van der Waals surface area contributed by atoms with Crippen LogP contribution in [0, 0.1) is 85.8 Å². The molecular weight excluding hydrogens is 1210 g/mol. The number of carbonyl (C=O) groups is 2. The first-order valence-corrected chi connectivity index (χ1v) is 37.9. The Bertz CT molecular complexity index is 3430. The Morgan fingerprint density at radius 1 is 0.479 bits per heavy atom. The fourth-order valence-corrected chi connectivity index (χ4v) is 26.5. The summed E-state index contributed by atoms with van der Waals surface area (Å²) in [6, 6.07) is 11.4. The van der Waals surface area contributed by atoms with Gasteiger partial charge in [0.25, 0.3) is 0 Å². The normalized spacial score (nSPS) is 45.6. The largest absolute Gasteiger partial charge is 0.431 e. The van der Waals surface area contributed by atoms with Crippen molar-refractivity contribution in [2.45, 2.75) is 262 Å². The van der Waals surface area contributed by atoms with E-state index in [0.717, 1.165) is 165 Å². The summed E-state index contributed by atoms with van der Waals surface area (Å²) in [6.07, 6.45) is 33.3. The van der Waals surface area contributed by atoms with Crippen molar-refractivity contribution in [3.05, 3.63) is 103 Å². The van der Waals surface area contributed by atoms with E-state index in [1.54, 1.807) is 18.8 Å². The van der Waals surface area contributed by atoms with Crippen LogP contribution in [-0.2, 0) is 9.53 Å². The summed E-state index contributed by atoms with van der Waals surface area (Å²) in [5.74, 6) is 5.81. The highest BCUT2D eigenvalue weighted by atomic mass is 16.5. The number of fused-ring (bicyclic) bond motifs is 15. The molecule has 0 aromatic carbocycles. The number of ether oxygens (including phenoxy) is 1. The van der Waals surface area contributed by atoms with Gasteiger partial charge in [-0.05, 0) is 290 Å². The Kier molecular flexibility index (Phi) is 19.1. The van der Waals surface area contributed by atoms with Crippen LogP contribution in [0.5, 0.6) is 0 Å². The summed E-state index contributed by atoms with van der Waals surface area (Å²) >= 11 is 0. The van der Waals surface area contributed by atoms with Crippen molar-refractivity contribution in [2.24, 2.45) is 85.8 Å². The van der Waals surface area contributed by atoms with E-state index in [1.165, 1.54) is 56.7 Å². The zero-order valence-corrected chi connectivity index (χ0v) is 59.6. The van der Waals surface area contributed by atoms with Gasteiger partial charge in [0, 0.05) is 86.6 Å². The van der Waals surface area contributed by atoms with Crippen LogP contribution in [0.25, 0.3) is 0 Å². The predicted octanol–water partition coefficient (Wildman–Crippen LogP) is 13.2. The molecule has 23 atom stereocenters. The van der Waals surface area contributed by atoms with Gasteiger partial charge in [0.15, 0.2) is 0 Å². The highest BCUT2D eigenvalue weighted by Crippen LogP contribution is 2.74. The van der Waals surface area contributed by atoms with Crippen molar-refractivity contribution in [1.82, 2.24) is 15.1 Å². The van der Waals surface area contributed by atoms with E-state index in [-0.39, 0.29) is 67.7 Å². The molecule has 12 saturated carbocycles. The molecule has 530 valence electrons. The lowest BCUT2D eigenvalue weighted by Gasteiger charge is -2.64. The van der Waals surface area contributed by atoms with Gasteiger partial charge in [-0.2, -0.15) is 0 Å². The van der Waals surface area contributed by atoms with Gasteiger partial charge in [0.05, 0.1) is 48.8 Å². The molecule has 16 nitrogen and oxygen atoms in total. The van der Waals surface area contributed by atoms with Crippen molar-refractivity contribution in [3.8, 4) is 0 Å². The van der Waals surface area contributed by atoms with E-state index in [1.807, 2.05) is 35.0 Å². The van der Waals surface area contributed by atoms with Crippen LogP contribution in [-0.4, -0.2) is 118 Å². The van der Waals surface area contributed by atoms with Crippen molar-refractivity contribution in [1.29, 1.82) is 0 Å². The van der Waals surface area contributed by atoms with E-state index in [9.17, 15) is 39.3 Å². The minimum absolute atomic E-state index is 0.126. The quantitative estimate of drug-likeness (QED) is 0.160. The van der Waals surface area contributed by atoms with E-state index in [0.29, 0.717) is 96.9 Å². The molecule has 5 N–H and O–H groups in total. The number of urea groups is 1. The summed E-state index contributed by atoms with van der Waals surface area (Å²) < 4.78 is 21.0. The molecule has 0 spiro atoms. The monoisotopic (exact) mass is 1330 g/mol. The van der Waals surface area contributed by atoms with Gasteiger partial charge in [0.2, 0.25) is 0 Å². The van der Waals surface area contributed by atoms with Crippen LogP contribution >= 0.6 is 0 Å². The number of rotatable bonds is 5. The molecule has 13 aliphatic rings. The molecule has 3 aromatic heterocycles. The van der Waals surface area contributed by atoms with E-state index in [4.69, 9.17) is 23.1 Å². The fraction of sp³-hybridized carbons (Fsp3) is 0.787. The van der Waals surface area contributed by atoms with Crippen molar-refractivity contribution >= 4 is 11.8 Å². The average Bonchev–Trinajstić information content (AvgIpc) is 1.69.